The number of hydrogen-bond acceptors (Lipinski definition) is 6. The van der Waals surface area contributed by atoms with Crippen molar-refractivity contribution in [3.8, 4) is 0 Å². The Morgan fingerprint density at radius 2 is 2.25 bits per heavy atom. The number of pyridine rings is 1. The standard InChI is InChI=1S/C13H19N3O3S/c1-2-19-13(18)4-3-7-15-12(17)9-20-10-5-6-11(14)16-8-10/h5-6,8H,2-4,7,9H2,1H3,(H2,14,16)(H,15,17). The van der Waals surface area contributed by atoms with E-state index in [4.69, 9.17) is 10.5 Å². The predicted octanol–water partition coefficient (Wildman–Crippen LogP) is 1.22. The molecule has 7 heteroatoms. The fraction of sp³-hybridized carbons (Fsp3) is 0.462. The zero-order chi connectivity index (χ0) is 14.8. The molecule has 0 bridgehead atoms. The molecule has 110 valence electrons. The quantitative estimate of drug-likeness (QED) is 0.425. The van der Waals surface area contributed by atoms with Crippen molar-refractivity contribution < 1.29 is 14.3 Å². The van der Waals surface area contributed by atoms with Crippen molar-refractivity contribution in [2.75, 3.05) is 24.6 Å². The van der Waals surface area contributed by atoms with E-state index in [0.717, 1.165) is 4.90 Å². The van der Waals surface area contributed by atoms with Gasteiger partial charge in [0.05, 0.1) is 12.4 Å². The third-order valence-electron chi connectivity index (χ3n) is 2.31. The van der Waals surface area contributed by atoms with Gasteiger partial charge in [0.15, 0.2) is 0 Å². The monoisotopic (exact) mass is 297 g/mol. The van der Waals surface area contributed by atoms with E-state index in [9.17, 15) is 9.59 Å². The Bertz CT molecular complexity index is 437. The topological polar surface area (TPSA) is 94.3 Å². The van der Waals surface area contributed by atoms with Gasteiger partial charge in [-0.1, -0.05) is 0 Å². The van der Waals surface area contributed by atoms with Crippen LogP contribution in [0.4, 0.5) is 5.82 Å². The number of carbonyl (C=O) groups excluding carboxylic acids is 2. The first kappa shape index (κ1) is 16.3. The average Bonchev–Trinajstić information content (AvgIpc) is 2.43. The first-order valence-corrected chi connectivity index (χ1v) is 7.37. The van der Waals surface area contributed by atoms with Gasteiger partial charge in [-0.2, -0.15) is 0 Å². The molecule has 1 aromatic rings. The molecule has 0 unspecified atom stereocenters. The van der Waals surface area contributed by atoms with E-state index < -0.39 is 0 Å². The van der Waals surface area contributed by atoms with Crippen LogP contribution in [0.5, 0.6) is 0 Å². The molecule has 0 aliphatic heterocycles. The molecular formula is C13H19N3O3S. The SMILES string of the molecule is CCOC(=O)CCCNC(=O)CSc1ccc(N)nc1. The Morgan fingerprint density at radius 1 is 1.45 bits per heavy atom. The van der Waals surface area contributed by atoms with Crippen molar-refractivity contribution in [1.29, 1.82) is 0 Å². The lowest BCUT2D eigenvalue weighted by molar-refractivity contribution is -0.143. The molecule has 20 heavy (non-hydrogen) atoms. The molecular weight excluding hydrogens is 278 g/mol. The minimum atomic E-state index is -0.232. The van der Waals surface area contributed by atoms with Gasteiger partial charge in [-0.3, -0.25) is 9.59 Å². The third-order valence-corrected chi connectivity index (χ3v) is 3.30. The molecule has 1 amide bonds. The van der Waals surface area contributed by atoms with Crippen LogP contribution in [0.15, 0.2) is 23.2 Å². The summed E-state index contributed by atoms with van der Waals surface area (Å²) in [6, 6.07) is 3.51. The number of amides is 1. The van der Waals surface area contributed by atoms with Gasteiger partial charge in [0.1, 0.15) is 5.82 Å². The van der Waals surface area contributed by atoms with Gasteiger partial charge < -0.3 is 15.8 Å². The molecule has 6 nitrogen and oxygen atoms in total. The minimum absolute atomic E-state index is 0.0734. The zero-order valence-corrected chi connectivity index (χ0v) is 12.2. The highest BCUT2D eigenvalue weighted by Gasteiger charge is 2.04. The summed E-state index contributed by atoms with van der Waals surface area (Å²) in [6.07, 6.45) is 2.54. The van der Waals surface area contributed by atoms with E-state index in [1.165, 1.54) is 11.8 Å². The van der Waals surface area contributed by atoms with E-state index in [2.05, 4.69) is 10.3 Å². The van der Waals surface area contributed by atoms with Gasteiger partial charge in [0.2, 0.25) is 5.91 Å². The van der Waals surface area contributed by atoms with Crippen molar-refractivity contribution in [3.63, 3.8) is 0 Å². The number of thioether (sulfide) groups is 1. The van der Waals surface area contributed by atoms with E-state index in [1.807, 2.05) is 6.07 Å². The number of nitrogens with one attached hydrogen (secondary N) is 1. The number of hydrogen-bond donors (Lipinski definition) is 2. The number of rotatable bonds is 8. The fourth-order valence-electron chi connectivity index (χ4n) is 1.37. The lowest BCUT2D eigenvalue weighted by Crippen LogP contribution is -2.26. The number of nitrogen functional groups attached to an aromatic ring is 1. The molecule has 1 heterocycles. The van der Waals surface area contributed by atoms with Crippen molar-refractivity contribution in [1.82, 2.24) is 10.3 Å². The molecule has 0 aromatic carbocycles. The minimum Gasteiger partial charge on any atom is -0.466 e. The highest BCUT2D eigenvalue weighted by atomic mass is 32.2. The molecule has 0 aliphatic carbocycles. The van der Waals surface area contributed by atoms with E-state index in [-0.39, 0.29) is 11.9 Å². The van der Waals surface area contributed by atoms with Crippen LogP contribution >= 0.6 is 11.8 Å². The Morgan fingerprint density at radius 3 is 2.90 bits per heavy atom. The highest BCUT2D eigenvalue weighted by Crippen LogP contribution is 2.16. The van der Waals surface area contributed by atoms with Crippen LogP contribution in [0.3, 0.4) is 0 Å². The van der Waals surface area contributed by atoms with Crippen molar-refractivity contribution in [3.05, 3.63) is 18.3 Å². The molecule has 0 saturated carbocycles. The summed E-state index contributed by atoms with van der Waals surface area (Å²) in [5, 5.41) is 2.75. The number of carbonyl (C=O) groups is 2. The van der Waals surface area contributed by atoms with Gasteiger partial charge in [-0.15, -0.1) is 11.8 Å². The third kappa shape index (κ3) is 6.98. The van der Waals surface area contributed by atoms with Gasteiger partial charge >= 0.3 is 5.97 Å². The normalized spacial score (nSPS) is 10.1. The van der Waals surface area contributed by atoms with Crippen molar-refractivity contribution >= 4 is 29.5 Å². The maximum Gasteiger partial charge on any atom is 0.305 e. The predicted molar refractivity (Wildman–Crippen MR) is 78.3 cm³/mol. The molecule has 1 aromatic heterocycles. The maximum atomic E-state index is 11.6. The number of ether oxygens (including phenoxy) is 1. The Balaban J connectivity index is 2.11. The van der Waals surface area contributed by atoms with E-state index in [0.29, 0.717) is 37.6 Å². The van der Waals surface area contributed by atoms with Gasteiger partial charge in [0, 0.05) is 24.1 Å². The summed E-state index contributed by atoms with van der Waals surface area (Å²) in [5.74, 6) is 0.461. The van der Waals surface area contributed by atoms with Crippen molar-refractivity contribution in [2.24, 2.45) is 0 Å². The molecule has 0 saturated heterocycles. The van der Waals surface area contributed by atoms with Crippen LogP contribution in [0, 0.1) is 0 Å². The Hall–Kier alpha value is -1.76. The van der Waals surface area contributed by atoms with Crippen LogP contribution in [0.25, 0.3) is 0 Å². The number of anilines is 1. The number of nitrogens with zero attached hydrogens (tertiary/aromatic N) is 1. The lowest BCUT2D eigenvalue weighted by Gasteiger charge is -2.05. The second-order valence-electron chi connectivity index (χ2n) is 3.97. The summed E-state index contributed by atoms with van der Waals surface area (Å²) in [5.41, 5.74) is 5.47. The van der Waals surface area contributed by atoms with Crippen molar-refractivity contribution in [2.45, 2.75) is 24.7 Å². The van der Waals surface area contributed by atoms with Crippen LogP contribution in [-0.4, -0.2) is 35.8 Å². The number of nitrogens with two attached hydrogens (primary N) is 1. The van der Waals surface area contributed by atoms with Crippen LogP contribution in [0.2, 0.25) is 0 Å². The van der Waals surface area contributed by atoms with Crippen LogP contribution < -0.4 is 11.1 Å². The van der Waals surface area contributed by atoms with Crippen LogP contribution in [-0.2, 0) is 14.3 Å². The zero-order valence-electron chi connectivity index (χ0n) is 11.4. The molecule has 0 spiro atoms. The summed E-state index contributed by atoms with van der Waals surface area (Å²) >= 11 is 1.39. The smallest absolute Gasteiger partial charge is 0.305 e. The molecule has 0 atom stereocenters. The second kappa shape index (κ2) is 9.19. The molecule has 1 rings (SSSR count). The Labute approximate surface area is 122 Å². The van der Waals surface area contributed by atoms with E-state index in [1.54, 1.807) is 19.2 Å². The first-order chi connectivity index (χ1) is 9.61. The average molecular weight is 297 g/mol. The molecule has 0 radical (unpaired) electrons. The molecule has 3 N–H and O–H groups in total. The lowest BCUT2D eigenvalue weighted by atomic mass is 10.3. The van der Waals surface area contributed by atoms with Gasteiger partial charge in [-0.05, 0) is 25.5 Å². The summed E-state index contributed by atoms with van der Waals surface area (Å²) < 4.78 is 4.79. The second-order valence-corrected chi connectivity index (χ2v) is 5.01. The van der Waals surface area contributed by atoms with E-state index >= 15 is 0 Å². The van der Waals surface area contributed by atoms with Gasteiger partial charge in [-0.25, -0.2) is 4.98 Å². The number of aromatic nitrogens is 1. The van der Waals surface area contributed by atoms with Gasteiger partial charge in [0.25, 0.3) is 0 Å². The summed E-state index contributed by atoms with van der Waals surface area (Å²) in [4.78, 5) is 27.5. The Kier molecular flexibility index (Phi) is 7.49. The highest BCUT2D eigenvalue weighted by molar-refractivity contribution is 8.00. The first-order valence-electron chi connectivity index (χ1n) is 6.38. The molecule has 0 fully saturated rings. The maximum absolute atomic E-state index is 11.6. The fourth-order valence-corrected chi connectivity index (χ4v) is 2.06. The number of esters is 1. The summed E-state index contributed by atoms with van der Waals surface area (Å²) in [7, 11) is 0. The largest absolute Gasteiger partial charge is 0.466 e. The van der Waals surface area contributed by atoms with Crippen LogP contribution in [0.1, 0.15) is 19.8 Å². The molecule has 0 aliphatic rings. The summed E-state index contributed by atoms with van der Waals surface area (Å²) in [6.45, 7) is 2.62.